The van der Waals surface area contributed by atoms with Crippen molar-refractivity contribution in [2.45, 2.75) is 123 Å². The van der Waals surface area contributed by atoms with E-state index in [1.807, 2.05) is 0 Å². The summed E-state index contributed by atoms with van der Waals surface area (Å²) >= 11 is 0. The van der Waals surface area contributed by atoms with Gasteiger partial charge in [0.05, 0.1) is 50.2 Å². The van der Waals surface area contributed by atoms with E-state index in [2.05, 4.69) is 16.0 Å². The molecule has 3 aliphatic rings. The van der Waals surface area contributed by atoms with E-state index in [1.165, 1.54) is 14.0 Å². The number of nitrogens with two attached hydrogens (primary N) is 3. The van der Waals surface area contributed by atoms with E-state index in [0.29, 0.717) is 12.8 Å². The third-order valence-electron chi connectivity index (χ3n) is 9.21. The highest BCUT2D eigenvalue weighted by atomic mass is 16.7. The molecule has 3 fully saturated rings. The largest absolute Gasteiger partial charge is 0.393 e. The molecule has 0 aromatic heterocycles. The van der Waals surface area contributed by atoms with Gasteiger partial charge in [-0.05, 0) is 33.2 Å². The summed E-state index contributed by atoms with van der Waals surface area (Å²) in [5.41, 5.74) is 14.8. The maximum Gasteiger partial charge on any atom is 0.251 e. The number of likely N-dealkylation sites (N-methyl/N-ethyl adjacent to an activating group) is 1. The molecule has 2 aliphatic heterocycles. The van der Waals surface area contributed by atoms with Crippen molar-refractivity contribution in [1.29, 1.82) is 0 Å². The molecule has 1 aliphatic carbocycles. The van der Waals surface area contributed by atoms with Crippen LogP contribution in [0.4, 0.5) is 0 Å². The first-order valence-electron chi connectivity index (χ1n) is 16.1. The van der Waals surface area contributed by atoms with E-state index < -0.39 is 122 Å². The van der Waals surface area contributed by atoms with Gasteiger partial charge in [-0.15, -0.1) is 0 Å². The molecule has 2 heterocycles. The Balaban J connectivity index is 1.78. The van der Waals surface area contributed by atoms with Gasteiger partial charge in [0.25, 0.3) is 5.91 Å². The minimum atomic E-state index is -2.11. The van der Waals surface area contributed by atoms with Crippen molar-refractivity contribution in [3.05, 3.63) is 0 Å². The number of hydrogen-bond donors (Lipinski definition) is 15. The van der Waals surface area contributed by atoms with Crippen LogP contribution in [0.1, 0.15) is 26.2 Å². The van der Waals surface area contributed by atoms with Gasteiger partial charge in [0.2, 0.25) is 0 Å². The first-order chi connectivity index (χ1) is 22.5. The van der Waals surface area contributed by atoms with Gasteiger partial charge in [-0.25, -0.2) is 0 Å². The van der Waals surface area contributed by atoms with Crippen LogP contribution in [0.15, 0.2) is 0 Å². The van der Waals surface area contributed by atoms with Gasteiger partial charge in [-0.1, -0.05) is 0 Å². The number of nitrogens with one attached hydrogen (secondary N) is 3. The topological polar surface area (TPSA) is 350 Å². The van der Waals surface area contributed by atoms with Gasteiger partial charge in [0.15, 0.2) is 18.7 Å². The minimum Gasteiger partial charge on any atom is -0.393 e. The quantitative estimate of drug-likeness (QED) is 0.0710. The fraction of sp³-hybridized carbons (Fsp3) is 0.964. The molecule has 0 spiro atoms. The first kappa shape index (κ1) is 41.2. The Morgan fingerprint density at radius 2 is 1.69 bits per heavy atom. The van der Waals surface area contributed by atoms with E-state index >= 15 is 0 Å². The zero-order valence-electron chi connectivity index (χ0n) is 27.2. The summed E-state index contributed by atoms with van der Waals surface area (Å²) in [6.45, 7) is -0.489. The molecular formula is C28H56N6O14. The van der Waals surface area contributed by atoms with Crippen LogP contribution in [0.5, 0.6) is 0 Å². The number of ether oxygens (including phenoxy) is 4. The van der Waals surface area contributed by atoms with Crippen molar-refractivity contribution in [1.82, 2.24) is 16.0 Å². The van der Waals surface area contributed by atoms with Crippen LogP contribution in [0.3, 0.4) is 0 Å². The van der Waals surface area contributed by atoms with Crippen LogP contribution in [-0.4, -0.2) is 195 Å². The molecule has 0 bridgehead atoms. The Hall–Kier alpha value is -1.25. The van der Waals surface area contributed by atoms with Gasteiger partial charge in [0.1, 0.15) is 41.7 Å². The SMILES string of the molecule is CN[C@@H]1[C@@H](O)[C@@H](O[C@@H]2[C@@H](O)[C@H](O[C@H]3O[C@H](CNCC(O)(CO)CO)CC[C@H]3N)[C@@H](N)C[C@H]2NC(=O)[C@@H](O)[C@@H](O)[C@@H](O)CN)OC[C@]1(C)O. The monoisotopic (exact) mass is 700 g/mol. The second kappa shape index (κ2) is 17.8. The molecule has 20 heteroatoms. The second-order valence-electron chi connectivity index (χ2n) is 13.3. The van der Waals surface area contributed by atoms with Crippen molar-refractivity contribution >= 4 is 5.91 Å². The predicted molar refractivity (Wildman–Crippen MR) is 164 cm³/mol. The Kier molecular flexibility index (Phi) is 15.3. The molecule has 3 rings (SSSR count). The predicted octanol–water partition coefficient (Wildman–Crippen LogP) is -8.43. The number of aliphatic hydroxyl groups is 9. The maximum absolute atomic E-state index is 12.9. The Labute approximate surface area is 278 Å². The molecule has 0 unspecified atom stereocenters. The van der Waals surface area contributed by atoms with Crippen LogP contribution >= 0.6 is 0 Å². The summed E-state index contributed by atoms with van der Waals surface area (Å²) in [6, 6.07) is -3.69. The molecule has 15 atom stereocenters. The van der Waals surface area contributed by atoms with Gasteiger partial charge in [0, 0.05) is 25.7 Å². The van der Waals surface area contributed by atoms with Crippen molar-refractivity contribution in [3.8, 4) is 0 Å². The highest BCUT2D eigenvalue weighted by molar-refractivity contribution is 5.81. The van der Waals surface area contributed by atoms with E-state index in [1.54, 1.807) is 0 Å². The second-order valence-corrected chi connectivity index (χ2v) is 13.3. The Bertz CT molecular complexity index is 1000. The van der Waals surface area contributed by atoms with E-state index in [9.17, 15) is 50.8 Å². The van der Waals surface area contributed by atoms with Crippen LogP contribution in [0.2, 0.25) is 0 Å². The summed E-state index contributed by atoms with van der Waals surface area (Å²) < 4.78 is 23.8. The van der Waals surface area contributed by atoms with Gasteiger partial charge in [-0.2, -0.15) is 0 Å². The molecule has 1 saturated carbocycles. The average Bonchev–Trinajstić information content (AvgIpc) is 3.05. The van der Waals surface area contributed by atoms with E-state index in [4.69, 9.17) is 36.1 Å². The zero-order valence-corrected chi connectivity index (χ0v) is 27.2. The van der Waals surface area contributed by atoms with Crippen molar-refractivity contribution in [2.75, 3.05) is 46.5 Å². The van der Waals surface area contributed by atoms with Gasteiger partial charge < -0.3 is 98.1 Å². The third kappa shape index (κ3) is 9.96. The molecule has 2 saturated heterocycles. The maximum atomic E-state index is 12.9. The molecule has 48 heavy (non-hydrogen) atoms. The van der Waals surface area contributed by atoms with Crippen LogP contribution < -0.4 is 33.2 Å². The fourth-order valence-corrected chi connectivity index (χ4v) is 6.17. The first-order valence-corrected chi connectivity index (χ1v) is 16.1. The highest BCUT2D eigenvalue weighted by Gasteiger charge is 2.52. The molecular weight excluding hydrogens is 644 g/mol. The fourth-order valence-electron chi connectivity index (χ4n) is 6.17. The Morgan fingerprint density at radius 3 is 2.29 bits per heavy atom. The summed E-state index contributed by atoms with van der Waals surface area (Å²) in [4.78, 5) is 12.9. The van der Waals surface area contributed by atoms with Gasteiger partial charge >= 0.3 is 0 Å². The lowest BCUT2D eigenvalue weighted by atomic mass is 9.83. The van der Waals surface area contributed by atoms with Gasteiger partial charge in [-0.3, -0.25) is 4.79 Å². The number of carbonyl (C=O) groups excluding carboxylic acids is 1. The molecule has 282 valence electrons. The number of rotatable bonds is 16. The molecule has 0 aromatic rings. The minimum absolute atomic E-state index is 0.119. The lowest BCUT2D eigenvalue weighted by Crippen LogP contribution is -2.70. The third-order valence-corrected chi connectivity index (χ3v) is 9.21. The summed E-state index contributed by atoms with van der Waals surface area (Å²) in [7, 11) is 1.52. The van der Waals surface area contributed by atoms with Crippen LogP contribution in [-0.2, 0) is 23.7 Å². The molecule has 0 radical (unpaired) electrons. The van der Waals surface area contributed by atoms with E-state index in [0.717, 1.165) is 0 Å². The molecule has 18 N–H and O–H groups in total. The van der Waals surface area contributed by atoms with Crippen LogP contribution in [0.25, 0.3) is 0 Å². The smallest absolute Gasteiger partial charge is 0.251 e. The lowest BCUT2D eigenvalue weighted by molar-refractivity contribution is -0.308. The zero-order chi connectivity index (χ0) is 36.0. The summed E-state index contributed by atoms with van der Waals surface area (Å²) in [5, 5.41) is 101. The normalized spacial score (nSPS) is 39.8. The summed E-state index contributed by atoms with van der Waals surface area (Å²) in [6.07, 6.45) is -13.5. The highest BCUT2D eigenvalue weighted by Crippen LogP contribution is 2.32. The van der Waals surface area contributed by atoms with Crippen LogP contribution in [0, 0.1) is 0 Å². The lowest BCUT2D eigenvalue weighted by Gasteiger charge is -2.49. The van der Waals surface area contributed by atoms with E-state index in [-0.39, 0.29) is 26.1 Å². The number of hydrogen-bond acceptors (Lipinski definition) is 19. The number of amides is 1. The number of aliphatic hydroxyl groups excluding tert-OH is 7. The molecule has 20 nitrogen and oxygen atoms in total. The molecule has 1 amide bonds. The average molecular weight is 701 g/mol. The summed E-state index contributed by atoms with van der Waals surface area (Å²) in [5.74, 6) is -1.13. The standard InChI is InChI=1S/C28H56N6O14/c1-27(43)11-45-26(20(41)23(27)32-2)48-22-15(34-24(42)18(39)17(38)16(37)6-29)5-14(31)21(19(22)40)47-25-13(30)4-3-12(46-25)7-33-8-28(44,9-35)10-36/h12-23,25-26,32-33,35-41,43-44H,3-11,29-31H2,1-2H3,(H,34,42)/t12-,13+,14-,15+,16-,17-,18-,19-,20+,21+,22-,23+,25+,26+,27-/m0/s1. The van der Waals surface area contributed by atoms with Crippen molar-refractivity contribution in [2.24, 2.45) is 17.2 Å². The number of carbonyl (C=O) groups is 1. The Morgan fingerprint density at radius 1 is 1.04 bits per heavy atom. The molecule has 0 aromatic carbocycles. The van der Waals surface area contributed by atoms with Crippen molar-refractivity contribution in [3.63, 3.8) is 0 Å². The van der Waals surface area contributed by atoms with Crippen molar-refractivity contribution < 1.29 is 69.7 Å².